The number of guanidine groups is 1. The highest BCUT2D eigenvalue weighted by atomic mass is 16.5. The molecular formula is C19H23N3O2. The third-order valence-electron chi connectivity index (χ3n) is 3.93. The van der Waals surface area contributed by atoms with Crippen LogP contribution in [0, 0.1) is 0 Å². The summed E-state index contributed by atoms with van der Waals surface area (Å²) in [6.07, 6.45) is 0. The Hall–Kier alpha value is -2.53. The minimum absolute atomic E-state index is 0.495. The Bertz CT molecular complexity index is 667. The molecule has 5 heteroatoms. The second-order valence-corrected chi connectivity index (χ2v) is 5.55. The molecule has 1 fully saturated rings. The normalized spacial score (nSPS) is 15.3. The lowest BCUT2D eigenvalue weighted by Crippen LogP contribution is -2.45. The Balaban J connectivity index is 1.57. The van der Waals surface area contributed by atoms with Crippen molar-refractivity contribution in [2.45, 2.75) is 0 Å². The van der Waals surface area contributed by atoms with Gasteiger partial charge in [-0.2, -0.15) is 0 Å². The Morgan fingerprint density at radius 1 is 1.04 bits per heavy atom. The monoisotopic (exact) mass is 325 g/mol. The number of ether oxygens (including phenoxy) is 2. The molecule has 0 unspecified atom stereocenters. The predicted octanol–water partition coefficient (Wildman–Crippen LogP) is 2.38. The van der Waals surface area contributed by atoms with E-state index in [0.29, 0.717) is 32.3 Å². The number of morpholine rings is 1. The van der Waals surface area contributed by atoms with Crippen LogP contribution >= 0.6 is 0 Å². The topological polar surface area (TPSA) is 60.1 Å². The maximum Gasteiger partial charge on any atom is 0.191 e. The minimum Gasteiger partial charge on any atom is -0.491 e. The fraction of sp³-hybridized carbons (Fsp3) is 0.316. The number of nitrogens with two attached hydrogens (primary N) is 1. The van der Waals surface area contributed by atoms with Crippen LogP contribution in [-0.4, -0.2) is 50.3 Å². The number of aliphatic imine (C=N–C) groups is 1. The fourth-order valence-electron chi connectivity index (χ4n) is 2.66. The summed E-state index contributed by atoms with van der Waals surface area (Å²) < 4.78 is 11.2. The second kappa shape index (κ2) is 8.36. The number of benzene rings is 2. The van der Waals surface area contributed by atoms with E-state index in [9.17, 15) is 0 Å². The first kappa shape index (κ1) is 16.3. The first-order valence-corrected chi connectivity index (χ1v) is 8.24. The summed E-state index contributed by atoms with van der Waals surface area (Å²) in [6, 6.07) is 18.3. The van der Waals surface area contributed by atoms with Crippen LogP contribution in [0.2, 0.25) is 0 Å². The molecule has 1 aliphatic heterocycles. The quantitative estimate of drug-likeness (QED) is 0.521. The zero-order valence-electron chi connectivity index (χ0n) is 13.7. The Labute approximate surface area is 142 Å². The maximum absolute atomic E-state index is 6.01. The van der Waals surface area contributed by atoms with E-state index in [1.165, 1.54) is 0 Å². The molecule has 0 bridgehead atoms. The fourth-order valence-corrected chi connectivity index (χ4v) is 2.66. The molecule has 2 aromatic carbocycles. The van der Waals surface area contributed by atoms with E-state index in [4.69, 9.17) is 15.2 Å². The molecule has 24 heavy (non-hydrogen) atoms. The molecule has 0 radical (unpaired) electrons. The van der Waals surface area contributed by atoms with Crippen molar-refractivity contribution in [3.05, 3.63) is 54.6 Å². The lowest BCUT2D eigenvalue weighted by atomic mass is 10.1. The summed E-state index contributed by atoms with van der Waals surface area (Å²) in [5.41, 5.74) is 8.24. The van der Waals surface area contributed by atoms with Crippen molar-refractivity contribution in [3.8, 4) is 16.9 Å². The van der Waals surface area contributed by atoms with Gasteiger partial charge in [-0.05, 0) is 11.6 Å². The van der Waals surface area contributed by atoms with Gasteiger partial charge in [0.2, 0.25) is 0 Å². The molecule has 0 amide bonds. The summed E-state index contributed by atoms with van der Waals surface area (Å²) in [6.45, 7) is 4.04. The van der Waals surface area contributed by atoms with Gasteiger partial charge in [0, 0.05) is 18.7 Å². The van der Waals surface area contributed by atoms with Crippen molar-refractivity contribution in [3.63, 3.8) is 0 Å². The standard InChI is InChI=1S/C19H23N3O2/c20-19(22-11-14-23-15-12-22)21-10-13-24-18-9-5-4-8-17(18)16-6-2-1-3-7-16/h1-9H,10-15H2,(H2,20,21). The zero-order chi connectivity index (χ0) is 16.6. The van der Waals surface area contributed by atoms with Crippen molar-refractivity contribution in [1.29, 1.82) is 0 Å². The maximum atomic E-state index is 6.01. The molecule has 0 aromatic heterocycles. The number of hydrogen-bond donors (Lipinski definition) is 1. The SMILES string of the molecule is NC(=NCCOc1ccccc1-c1ccccc1)N1CCOCC1. The molecule has 0 saturated carbocycles. The number of hydrogen-bond acceptors (Lipinski definition) is 3. The van der Waals surface area contributed by atoms with Gasteiger partial charge in [-0.25, -0.2) is 4.99 Å². The van der Waals surface area contributed by atoms with Crippen molar-refractivity contribution in [2.75, 3.05) is 39.5 Å². The Morgan fingerprint density at radius 2 is 1.75 bits per heavy atom. The molecule has 126 valence electrons. The molecule has 1 heterocycles. The molecule has 0 atom stereocenters. The average Bonchev–Trinajstić information content (AvgIpc) is 2.67. The van der Waals surface area contributed by atoms with Gasteiger partial charge in [0.15, 0.2) is 5.96 Å². The van der Waals surface area contributed by atoms with E-state index in [2.05, 4.69) is 23.2 Å². The highest BCUT2D eigenvalue weighted by Crippen LogP contribution is 2.29. The smallest absolute Gasteiger partial charge is 0.191 e. The molecule has 2 N–H and O–H groups in total. The average molecular weight is 325 g/mol. The Morgan fingerprint density at radius 3 is 2.54 bits per heavy atom. The van der Waals surface area contributed by atoms with E-state index in [-0.39, 0.29) is 0 Å². The van der Waals surface area contributed by atoms with E-state index >= 15 is 0 Å². The largest absolute Gasteiger partial charge is 0.491 e. The van der Waals surface area contributed by atoms with Gasteiger partial charge in [0.1, 0.15) is 12.4 Å². The first-order chi connectivity index (χ1) is 11.8. The van der Waals surface area contributed by atoms with Crippen LogP contribution in [0.1, 0.15) is 0 Å². The summed E-state index contributed by atoms with van der Waals surface area (Å²) in [7, 11) is 0. The van der Waals surface area contributed by atoms with Crippen LogP contribution in [0.15, 0.2) is 59.6 Å². The second-order valence-electron chi connectivity index (χ2n) is 5.55. The summed E-state index contributed by atoms with van der Waals surface area (Å²) in [5, 5.41) is 0. The molecule has 0 aliphatic carbocycles. The summed E-state index contributed by atoms with van der Waals surface area (Å²) in [4.78, 5) is 6.45. The van der Waals surface area contributed by atoms with Crippen molar-refractivity contribution < 1.29 is 9.47 Å². The van der Waals surface area contributed by atoms with Crippen LogP contribution in [0.3, 0.4) is 0 Å². The van der Waals surface area contributed by atoms with Crippen LogP contribution in [-0.2, 0) is 4.74 Å². The van der Waals surface area contributed by atoms with Crippen LogP contribution in [0.4, 0.5) is 0 Å². The van der Waals surface area contributed by atoms with Crippen LogP contribution in [0.25, 0.3) is 11.1 Å². The highest BCUT2D eigenvalue weighted by Gasteiger charge is 2.11. The van der Waals surface area contributed by atoms with Crippen LogP contribution in [0.5, 0.6) is 5.75 Å². The lowest BCUT2D eigenvalue weighted by molar-refractivity contribution is 0.0674. The van der Waals surface area contributed by atoms with Crippen molar-refractivity contribution in [2.24, 2.45) is 10.7 Å². The highest BCUT2D eigenvalue weighted by molar-refractivity contribution is 5.78. The van der Waals surface area contributed by atoms with Gasteiger partial charge in [-0.3, -0.25) is 0 Å². The minimum atomic E-state index is 0.495. The van der Waals surface area contributed by atoms with Crippen molar-refractivity contribution in [1.82, 2.24) is 4.90 Å². The molecule has 0 spiro atoms. The molecule has 1 saturated heterocycles. The van der Waals surface area contributed by atoms with E-state index < -0.39 is 0 Å². The zero-order valence-corrected chi connectivity index (χ0v) is 13.7. The van der Waals surface area contributed by atoms with Gasteiger partial charge in [-0.1, -0.05) is 48.5 Å². The molecular weight excluding hydrogens is 302 g/mol. The van der Waals surface area contributed by atoms with Crippen LogP contribution < -0.4 is 10.5 Å². The van der Waals surface area contributed by atoms with E-state index in [1.807, 2.05) is 41.3 Å². The predicted molar refractivity (Wildman–Crippen MR) is 96.3 cm³/mol. The number of para-hydroxylation sites is 1. The molecule has 3 rings (SSSR count). The van der Waals surface area contributed by atoms with Gasteiger partial charge in [0.25, 0.3) is 0 Å². The van der Waals surface area contributed by atoms with Gasteiger partial charge in [0.05, 0.1) is 19.8 Å². The van der Waals surface area contributed by atoms with Crippen molar-refractivity contribution >= 4 is 5.96 Å². The number of rotatable bonds is 5. The van der Waals surface area contributed by atoms with Gasteiger partial charge < -0.3 is 20.1 Å². The molecule has 1 aliphatic rings. The Kier molecular flexibility index (Phi) is 5.69. The van der Waals surface area contributed by atoms with Gasteiger partial charge >= 0.3 is 0 Å². The van der Waals surface area contributed by atoms with Gasteiger partial charge in [-0.15, -0.1) is 0 Å². The summed E-state index contributed by atoms with van der Waals surface area (Å²) in [5.74, 6) is 1.43. The molecule has 5 nitrogen and oxygen atoms in total. The molecule has 2 aromatic rings. The number of nitrogens with zero attached hydrogens (tertiary/aromatic N) is 2. The summed E-state index contributed by atoms with van der Waals surface area (Å²) >= 11 is 0. The third-order valence-corrected chi connectivity index (χ3v) is 3.93. The van der Waals surface area contributed by atoms with E-state index in [1.54, 1.807) is 0 Å². The lowest BCUT2D eigenvalue weighted by Gasteiger charge is -2.27. The first-order valence-electron chi connectivity index (χ1n) is 8.24. The van der Waals surface area contributed by atoms with E-state index in [0.717, 1.165) is 30.0 Å². The third kappa shape index (κ3) is 4.26.